The molecule has 160 valence electrons. The van der Waals surface area contributed by atoms with Crippen LogP contribution in [0.15, 0.2) is 55.0 Å². The van der Waals surface area contributed by atoms with Crippen LogP contribution in [0.2, 0.25) is 0 Å². The first-order chi connectivity index (χ1) is 15.7. The number of aromatic amines is 2. The Morgan fingerprint density at radius 3 is 2.62 bits per heavy atom. The van der Waals surface area contributed by atoms with Crippen LogP contribution in [0.1, 0.15) is 0 Å². The monoisotopic (exact) mass is 424 g/mol. The number of pyridine rings is 2. The molecule has 0 bridgehead atoms. The van der Waals surface area contributed by atoms with Gasteiger partial charge < -0.3 is 20.5 Å². The summed E-state index contributed by atoms with van der Waals surface area (Å²) < 4.78 is 0. The molecule has 8 nitrogen and oxygen atoms in total. The number of nitrogens with zero attached hydrogens (tertiary/aromatic N) is 5. The number of H-pyrrole nitrogens is 2. The van der Waals surface area contributed by atoms with Gasteiger partial charge >= 0.3 is 0 Å². The number of anilines is 2. The van der Waals surface area contributed by atoms with Crippen molar-refractivity contribution in [3.05, 3.63) is 55.0 Å². The number of piperazine rings is 1. The zero-order valence-corrected chi connectivity index (χ0v) is 17.8. The minimum Gasteiger partial charge on any atom is -0.397 e. The molecular formula is C24H24N8. The Bertz CT molecular complexity index is 1420. The van der Waals surface area contributed by atoms with Crippen LogP contribution in [-0.2, 0) is 0 Å². The van der Waals surface area contributed by atoms with E-state index in [1.807, 2.05) is 30.6 Å². The fourth-order valence-corrected chi connectivity index (χ4v) is 4.45. The van der Waals surface area contributed by atoms with Gasteiger partial charge in [-0.1, -0.05) is 6.07 Å². The number of fused-ring (bicyclic) bond motifs is 2. The molecule has 0 amide bonds. The van der Waals surface area contributed by atoms with E-state index in [4.69, 9.17) is 10.7 Å². The summed E-state index contributed by atoms with van der Waals surface area (Å²) in [5.41, 5.74) is 12.5. The maximum absolute atomic E-state index is 5.94. The first kappa shape index (κ1) is 18.8. The Hall–Kier alpha value is -3.91. The lowest BCUT2D eigenvalue weighted by Gasteiger charge is -2.33. The summed E-state index contributed by atoms with van der Waals surface area (Å²) in [5, 5.41) is 9.96. The van der Waals surface area contributed by atoms with Crippen molar-refractivity contribution in [2.75, 3.05) is 43.9 Å². The molecule has 5 heterocycles. The fraction of sp³-hybridized carbons (Fsp3) is 0.208. The SMILES string of the molecule is CN1CCN(c2nccc3[nH]c(-c4n[nH]c5ccc(-c6cncc(N)c6)cc45)cc23)CC1. The van der Waals surface area contributed by atoms with E-state index in [-0.39, 0.29) is 0 Å². The number of hydrogen-bond donors (Lipinski definition) is 3. The summed E-state index contributed by atoms with van der Waals surface area (Å²) >= 11 is 0. The van der Waals surface area contributed by atoms with E-state index in [2.05, 4.69) is 55.2 Å². The number of rotatable bonds is 3. The van der Waals surface area contributed by atoms with Gasteiger partial charge in [-0.3, -0.25) is 10.1 Å². The summed E-state index contributed by atoms with van der Waals surface area (Å²) in [7, 11) is 2.16. The third kappa shape index (κ3) is 3.16. The van der Waals surface area contributed by atoms with Gasteiger partial charge in [0.2, 0.25) is 0 Å². The van der Waals surface area contributed by atoms with Crippen molar-refractivity contribution >= 4 is 33.3 Å². The fourth-order valence-electron chi connectivity index (χ4n) is 4.45. The van der Waals surface area contributed by atoms with Crippen LogP contribution in [0, 0.1) is 0 Å². The lowest BCUT2D eigenvalue weighted by Crippen LogP contribution is -2.44. The van der Waals surface area contributed by atoms with E-state index >= 15 is 0 Å². The molecular weight excluding hydrogens is 400 g/mol. The average molecular weight is 425 g/mol. The first-order valence-electron chi connectivity index (χ1n) is 10.8. The minimum absolute atomic E-state index is 0.648. The first-order valence-corrected chi connectivity index (χ1v) is 10.8. The smallest absolute Gasteiger partial charge is 0.138 e. The van der Waals surface area contributed by atoms with Crippen LogP contribution in [0.25, 0.3) is 44.3 Å². The lowest BCUT2D eigenvalue weighted by atomic mass is 10.0. The highest BCUT2D eigenvalue weighted by Gasteiger charge is 2.20. The van der Waals surface area contributed by atoms with Crippen LogP contribution in [0.5, 0.6) is 0 Å². The summed E-state index contributed by atoms with van der Waals surface area (Å²) in [6.45, 7) is 4.04. The third-order valence-corrected chi connectivity index (χ3v) is 6.24. The predicted octanol–water partition coefficient (Wildman–Crippen LogP) is 3.50. The van der Waals surface area contributed by atoms with Crippen LogP contribution in [0.4, 0.5) is 11.5 Å². The summed E-state index contributed by atoms with van der Waals surface area (Å²) in [4.78, 5) is 17.2. The van der Waals surface area contributed by atoms with Crippen LogP contribution < -0.4 is 10.6 Å². The van der Waals surface area contributed by atoms with Gasteiger partial charge in [-0.15, -0.1) is 0 Å². The molecule has 4 N–H and O–H groups in total. The molecule has 1 saturated heterocycles. The highest BCUT2D eigenvalue weighted by atomic mass is 15.3. The van der Waals surface area contributed by atoms with Gasteiger partial charge in [0.1, 0.15) is 11.5 Å². The molecule has 0 saturated carbocycles. The molecule has 0 atom stereocenters. The topological polar surface area (TPSA) is 103 Å². The largest absolute Gasteiger partial charge is 0.397 e. The number of likely N-dealkylation sites (N-methyl/N-ethyl adjacent to an activating group) is 1. The van der Waals surface area contributed by atoms with E-state index < -0.39 is 0 Å². The van der Waals surface area contributed by atoms with Crippen molar-refractivity contribution in [1.82, 2.24) is 30.0 Å². The van der Waals surface area contributed by atoms with Crippen molar-refractivity contribution < 1.29 is 0 Å². The molecule has 1 aliphatic rings. The zero-order valence-electron chi connectivity index (χ0n) is 17.8. The zero-order chi connectivity index (χ0) is 21.7. The highest BCUT2D eigenvalue weighted by molar-refractivity contribution is 6.00. The van der Waals surface area contributed by atoms with Crippen LogP contribution in [-0.4, -0.2) is 63.3 Å². The maximum atomic E-state index is 5.94. The van der Waals surface area contributed by atoms with Crippen molar-refractivity contribution in [2.24, 2.45) is 0 Å². The lowest BCUT2D eigenvalue weighted by molar-refractivity contribution is 0.312. The highest BCUT2D eigenvalue weighted by Crippen LogP contribution is 2.34. The van der Waals surface area contributed by atoms with Crippen molar-refractivity contribution in [3.63, 3.8) is 0 Å². The van der Waals surface area contributed by atoms with Gasteiger partial charge in [0.05, 0.1) is 22.4 Å². The normalized spacial score (nSPS) is 15.1. The van der Waals surface area contributed by atoms with Crippen molar-refractivity contribution in [2.45, 2.75) is 0 Å². The van der Waals surface area contributed by atoms with Crippen LogP contribution in [0.3, 0.4) is 0 Å². The quantitative estimate of drug-likeness (QED) is 0.410. The van der Waals surface area contributed by atoms with E-state index in [1.165, 1.54) is 0 Å². The number of benzene rings is 1. The molecule has 6 rings (SSSR count). The molecule has 1 aliphatic heterocycles. The Balaban J connectivity index is 1.44. The number of hydrogen-bond acceptors (Lipinski definition) is 6. The van der Waals surface area contributed by atoms with E-state index in [9.17, 15) is 0 Å². The number of nitrogens with two attached hydrogens (primary N) is 1. The molecule has 8 heteroatoms. The number of aromatic nitrogens is 5. The van der Waals surface area contributed by atoms with Crippen molar-refractivity contribution in [3.8, 4) is 22.5 Å². The van der Waals surface area contributed by atoms with E-state index in [0.717, 1.165) is 76.3 Å². The van der Waals surface area contributed by atoms with Gasteiger partial charge in [0.15, 0.2) is 0 Å². The number of nitrogens with one attached hydrogen (secondary N) is 2. The van der Waals surface area contributed by atoms with E-state index in [1.54, 1.807) is 6.20 Å². The summed E-state index contributed by atoms with van der Waals surface area (Å²) in [6.07, 6.45) is 5.36. The molecule has 1 aromatic carbocycles. The molecule has 32 heavy (non-hydrogen) atoms. The van der Waals surface area contributed by atoms with Gasteiger partial charge in [-0.2, -0.15) is 5.10 Å². The molecule has 4 aromatic heterocycles. The molecule has 0 aliphatic carbocycles. The summed E-state index contributed by atoms with van der Waals surface area (Å²) in [6, 6.07) is 12.4. The van der Waals surface area contributed by atoms with Crippen molar-refractivity contribution in [1.29, 1.82) is 0 Å². The standard InChI is InChI=1S/C24H24N8/c1-31-6-8-32(9-7-31)24-19-12-22(28-20(19)4-5-27-24)23-18-11-15(2-3-21(18)29-30-23)16-10-17(25)14-26-13-16/h2-5,10-14,28H,6-9,25H2,1H3,(H,29,30). The summed E-state index contributed by atoms with van der Waals surface area (Å²) in [5.74, 6) is 1.03. The second-order valence-corrected chi connectivity index (χ2v) is 8.41. The van der Waals surface area contributed by atoms with E-state index in [0.29, 0.717) is 5.69 Å². The maximum Gasteiger partial charge on any atom is 0.138 e. The van der Waals surface area contributed by atoms with Gasteiger partial charge in [0, 0.05) is 61.1 Å². The van der Waals surface area contributed by atoms with Gasteiger partial charge in [-0.05, 0) is 42.9 Å². The van der Waals surface area contributed by atoms with Gasteiger partial charge in [-0.25, -0.2) is 4.98 Å². The Morgan fingerprint density at radius 2 is 1.78 bits per heavy atom. The third-order valence-electron chi connectivity index (χ3n) is 6.24. The Morgan fingerprint density at radius 1 is 0.906 bits per heavy atom. The molecule has 5 aromatic rings. The van der Waals surface area contributed by atoms with Gasteiger partial charge in [0.25, 0.3) is 0 Å². The molecule has 1 fully saturated rings. The average Bonchev–Trinajstić information content (AvgIpc) is 3.43. The second kappa shape index (κ2) is 7.35. The predicted molar refractivity (Wildman–Crippen MR) is 129 cm³/mol. The Labute approximate surface area is 185 Å². The molecule has 0 unspecified atom stereocenters. The molecule has 0 spiro atoms. The number of nitrogen functional groups attached to an aromatic ring is 1. The Kier molecular flexibility index (Phi) is 4.32. The second-order valence-electron chi connectivity index (χ2n) is 8.41. The van der Waals surface area contributed by atoms with Crippen LogP contribution >= 0.6 is 0 Å². The minimum atomic E-state index is 0.648. The molecule has 0 radical (unpaired) electrons.